The van der Waals surface area contributed by atoms with E-state index in [1.165, 1.54) is 0 Å². The molecule has 1 aliphatic rings. The number of imide groups is 1. The van der Waals surface area contributed by atoms with E-state index in [1.807, 2.05) is 61.5 Å². The SMILES string of the molecule is CC(NC(=O)CN1C(=O)c2ccccc2C1=O)c1ccc(-c2ccccc2)cc1. The summed E-state index contributed by atoms with van der Waals surface area (Å²) in [5.41, 5.74) is 3.85. The van der Waals surface area contributed by atoms with Gasteiger partial charge in [-0.2, -0.15) is 0 Å². The summed E-state index contributed by atoms with van der Waals surface area (Å²) in [5.74, 6) is -1.24. The standard InChI is InChI=1S/C24H20N2O3/c1-16(17-11-13-19(14-12-17)18-7-3-2-4-8-18)25-22(27)15-26-23(28)20-9-5-6-10-21(20)24(26)29/h2-14,16H,15H2,1H3,(H,25,27). The van der Waals surface area contributed by atoms with Crippen molar-refractivity contribution in [2.45, 2.75) is 13.0 Å². The minimum atomic E-state index is -0.430. The first-order chi connectivity index (χ1) is 14.0. The summed E-state index contributed by atoms with van der Waals surface area (Å²) in [6.07, 6.45) is 0. The Hall–Kier alpha value is -3.73. The van der Waals surface area contributed by atoms with Gasteiger partial charge in [0.25, 0.3) is 11.8 Å². The van der Waals surface area contributed by atoms with Crippen molar-refractivity contribution >= 4 is 17.7 Å². The molecule has 0 aromatic heterocycles. The van der Waals surface area contributed by atoms with Crippen LogP contribution >= 0.6 is 0 Å². The first-order valence-electron chi connectivity index (χ1n) is 9.44. The normalized spacial score (nSPS) is 13.9. The maximum Gasteiger partial charge on any atom is 0.262 e. The Labute approximate surface area is 169 Å². The topological polar surface area (TPSA) is 66.5 Å². The van der Waals surface area contributed by atoms with Crippen molar-refractivity contribution in [1.29, 1.82) is 0 Å². The molecule has 4 rings (SSSR count). The second-order valence-electron chi connectivity index (χ2n) is 7.02. The minimum absolute atomic E-state index is 0.248. The molecule has 0 saturated heterocycles. The van der Waals surface area contributed by atoms with Crippen LogP contribution in [0, 0.1) is 0 Å². The fourth-order valence-electron chi connectivity index (χ4n) is 3.49. The average molecular weight is 384 g/mol. The maximum absolute atomic E-state index is 12.5. The highest BCUT2D eigenvalue weighted by molar-refractivity contribution is 6.22. The van der Waals surface area contributed by atoms with Gasteiger partial charge in [-0.1, -0.05) is 66.7 Å². The largest absolute Gasteiger partial charge is 0.348 e. The van der Waals surface area contributed by atoms with E-state index in [4.69, 9.17) is 0 Å². The second-order valence-corrected chi connectivity index (χ2v) is 7.02. The smallest absolute Gasteiger partial charge is 0.262 e. The molecular formula is C24H20N2O3. The lowest BCUT2D eigenvalue weighted by Crippen LogP contribution is -2.41. The lowest BCUT2D eigenvalue weighted by molar-refractivity contribution is -0.122. The number of nitrogens with zero attached hydrogens (tertiary/aromatic N) is 1. The van der Waals surface area contributed by atoms with Crippen LogP contribution in [0.3, 0.4) is 0 Å². The minimum Gasteiger partial charge on any atom is -0.348 e. The van der Waals surface area contributed by atoms with Gasteiger partial charge in [0, 0.05) is 0 Å². The molecule has 3 aromatic carbocycles. The van der Waals surface area contributed by atoms with E-state index in [0.29, 0.717) is 11.1 Å². The van der Waals surface area contributed by atoms with Crippen LogP contribution < -0.4 is 5.32 Å². The Bertz CT molecular complexity index is 1040. The molecule has 144 valence electrons. The quantitative estimate of drug-likeness (QED) is 0.680. The summed E-state index contributed by atoms with van der Waals surface area (Å²) in [6, 6.07) is 24.4. The Balaban J connectivity index is 1.40. The molecular weight excluding hydrogens is 364 g/mol. The maximum atomic E-state index is 12.5. The number of carbonyl (C=O) groups is 3. The van der Waals surface area contributed by atoms with Crippen LogP contribution in [-0.2, 0) is 4.79 Å². The lowest BCUT2D eigenvalue weighted by atomic mass is 10.0. The highest BCUT2D eigenvalue weighted by atomic mass is 16.2. The predicted molar refractivity (Wildman–Crippen MR) is 110 cm³/mol. The number of benzene rings is 3. The van der Waals surface area contributed by atoms with Crippen LogP contribution in [0.15, 0.2) is 78.9 Å². The van der Waals surface area contributed by atoms with Crippen LogP contribution in [0.25, 0.3) is 11.1 Å². The summed E-state index contributed by atoms with van der Waals surface area (Å²) in [5, 5.41) is 2.87. The first-order valence-corrected chi connectivity index (χ1v) is 9.44. The Kier molecular flexibility index (Phi) is 4.96. The van der Waals surface area contributed by atoms with Gasteiger partial charge in [-0.05, 0) is 35.7 Å². The number of rotatable bonds is 5. The van der Waals surface area contributed by atoms with Gasteiger partial charge in [-0.15, -0.1) is 0 Å². The molecule has 0 fully saturated rings. The number of hydrogen-bond donors (Lipinski definition) is 1. The first kappa shape index (κ1) is 18.6. The molecule has 1 aliphatic heterocycles. The van der Waals surface area contributed by atoms with Crippen LogP contribution in [0.1, 0.15) is 39.2 Å². The molecule has 29 heavy (non-hydrogen) atoms. The third kappa shape index (κ3) is 3.67. The van der Waals surface area contributed by atoms with E-state index in [1.54, 1.807) is 24.3 Å². The molecule has 0 spiro atoms. The third-order valence-electron chi connectivity index (χ3n) is 5.08. The van der Waals surface area contributed by atoms with Gasteiger partial charge in [-0.25, -0.2) is 0 Å². The van der Waals surface area contributed by atoms with E-state index < -0.39 is 11.8 Å². The van der Waals surface area contributed by atoms with E-state index in [2.05, 4.69) is 5.32 Å². The molecule has 3 amide bonds. The number of fused-ring (bicyclic) bond motifs is 1. The highest BCUT2D eigenvalue weighted by Gasteiger charge is 2.36. The van der Waals surface area contributed by atoms with Crippen molar-refractivity contribution in [2.24, 2.45) is 0 Å². The molecule has 1 unspecified atom stereocenters. The van der Waals surface area contributed by atoms with E-state index in [0.717, 1.165) is 21.6 Å². The lowest BCUT2D eigenvalue weighted by Gasteiger charge is -2.18. The van der Waals surface area contributed by atoms with Gasteiger partial charge >= 0.3 is 0 Å². The van der Waals surface area contributed by atoms with Gasteiger partial charge in [0.05, 0.1) is 17.2 Å². The molecule has 3 aromatic rings. The Morgan fingerprint density at radius 2 is 1.31 bits per heavy atom. The molecule has 1 atom stereocenters. The van der Waals surface area contributed by atoms with Crippen LogP contribution in [0.5, 0.6) is 0 Å². The number of amides is 3. The van der Waals surface area contributed by atoms with E-state index in [9.17, 15) is 14.4 Å². The van der Waals surface area contributed by atoms with Crippen LogP contribution in [0.2, 0.25) is 0 Å². The molecule has 0 aliphatic carbocycles. The summed E-state index contributed by atoms with van der Waals surface area (Å²) in [6.45, 7) is 1.58. The molecule has 1 heterocycles. The average Bonchev–Trinajstić information content (AvgIpc) is 2.99. The zero-order valence-corrected chi connectivity index (χ0v) is 16.0. The van der Waals surface area contributed by atoms with E-state index in [-0.39, 0.29) is 18.5 Å². The van der Waals surface area contributed by atoms with Crippen LogP contribution in [0.4, 0.5) is 0 Å². The summed E-state index contributed by atoms with van der Waals surface area (Å²) in [7, 11) is 0. The molecule has 0 bridgehead atoms. The van der Waals surface area contributed by atoms with Crippen molar-refractivity contribution in [3.8, 4) is 11.1 Å². The Morgan fingerprint density at radius 1 is 0.793 bits per heavy atom. The molecule has 0 radical (unpaired) electrons. The van der Waals surface area contributed by atoms with Crippen LogP contribution in [-0.4, -0.2) is 29.2 Å². The molecule has 5 nitrogen and oxygen atoms in total. The second kappa shape index (κ2) is 7.72. The van der Waals surface area contributed by atoms with Gasteiger partial charge in [0.2, 0.25) is 5.91 Å². The summed E-state index contributed by atoms with van der Waals surface area (Å²) in [4.78, 5) is 38.2. The zero-order valence-electron chi connectivity index (χ0n) is 16.0. The van der Waals surface area contributed by atoms with Gasteiger partial charge in [0.1, 0.15) is 6.54 Å². The summed E-state index contributed by atoms with van der Waals surface area (Å²) >= 11 is 0. The van der Waals surface area contributed by atoms with Crippen molar-refractivity contribution in [3.05, 3.63) is 95.6 Å². The van der Waals surface area contributed by atoms with E-state index >= 15 is 0 Å². The summed E-state index contributed by atoms with van der Waals surface area (Å²) < 4.78 is 0. The van der Waals surface area contributed by atoms with Gasteiger partial charge < -0.3 is 5.32 Å². The van der Waals surface area contributed by atoms with Crippen molar-refractivity contribution in [3.63, 3.8) is 0 Å². The highest BCUT2D eigenvalue weighted by Crippen LogP contribution is 2.23. The number of nitrogens with one attached hydrogen (secondary N) is 1. The fourth-order valence-corrected chi connectivity index (χ4v) is 3.49. The Morgan fingerprint density at radius 3 is 1.90 bits per heavy atom. The van der Waals surface area contributed by atoms with Crippen molar-refractivity contribution in [1.82, 2.24) is 10.2 Å². The van der Waals surface area contributed by atoms with Crippen molar-refractivity contribution < 1.29 is 14.4 Å². The molecule has 5 heteroatoms. The number of hydrogen-bond acceptors (Lipinski definition) is 3. The third-order valence-corrected chi connectivity index (χ3v) is 5.08. The van der Waals surface area contributed by atoms with Gasteiger partial charge in [-0.3, -0.25) is 19.3 Å². The zero-order chi connectivity index (χ0) is 20.4. The molecule has 0 saturated carbocycles. The van der Waals surface area contributed by atoms with Gasteiger partial charge in [0.15, 0.2) is 0 Å². The monoisotopic (exact) mass is 384 g/mol. The number of carbonyl (C=O) groups excluding carboxylic acids is 3. The predicted octanol–water partition coefficient (Wildman–Crippen LogP) is 3.83. The molecule has 1 N–H and O–H groups in total. The van der Waals surface area contributed by atoms with Crippen molar-refractivity contribution in [2.75, 3.05) is 6.54 Å². The fraction of sp³-hybridized carbons (Fsp3) is 0.125.